The molecule has 2 N–H and O–H groups in total. The zero-order chi connectivity index (χ0) is 10.1. The zero-order valence-electron chi connectivity index (χ0n) is 8.79. The fourth-order valence-electron chi connectivity index (χ4n) is 2.01. The van der Waals surface area contributed by atoms with Gasteiger partial charge in [-0.1, -0.05) is 25.1 Å². The van der Waals surface area contributed by atoms with Gasteiger partial charge in [0.1, 0.15) is 0 Å². The average Bonchev–Trinajstić information content (AvgIpc) is 2.45. The summed E-state index contributed by atoms with van der Waals surface area (Å²) in [4.78, 5) is 1.50. The molecule has 2 atom stereocenters. The molecule has 2 rings (SSSR count). The molecule has 1 aromatic rings. The van der Waals surface area contributed by atoms with Gasteiger partial charge in [0.05, 0.1) is 0 Å². The molecule has 1 aliphatic heterocycles. The molecule has 0 radical (unpaired) electrons. The third-order valence-corrected chi connectivity index (χ3v) is 3.88. The van der Waals surface area contributed by atoms with Gasteiger partial charge in [0, 0.05) is 16.2 Å². The van der Waals surface area contributed by atoms with Gasteiger partial charge in [0.25, 0.3) is 0 Å². The maximum Gasteiger partial charge on any atom is 0.0140 e. The van der Waals surface area contributed by atoms with Crippen molar-refractivity contribution >= 4 is 11.8 Å². The molecule has 2 heteroatoms. The van der Waals surface area contributed by atoms with Crippen molar-refractivity contribution in [2.24, 2.45) is 5.73 Å². The Labute approximate surface area is 90.1 Å². The molecule has 0 saturated carbocycles. The lowest BCUT2D eigenvalue weighted by Crippen LogP contribution is -2.18. The largest absolute Gasteiger partial charge is 0.328 e. The Kier molecular flexibility index (Phi) is 2.84. The summed E-state index contributed by atoms with van der Waals surface area (Å²) in [6, 6.07) is 6.89. The first-order valence-corrected chi connectivity index (χ1v) is 6.08. The van der Waals surface area contributed by atoms with E-state index in [4.69, 9.17) is 5.73 Å². The van der Waals surface area contributed by atoms with E-state index in [1.165, 1.54) is 22.4 Å². The van der Waals surface area contributed by atoms with E-state index in [0.29, 0.717) is 0 Å². The molecule has 2 unspecified atom stereocenters. The summed E-state index contributed by atoms with van der Waals surface area (Å²) < 4.78 is 0. The number of benzene rings is 1. The van der Waals surface area contributed by atoms with E-state index in [1.807, 2.05) is 11.8 Å². The molecule has 1 aliphatic rings. The van der Waals surface area contributed by atoms with Crippen molar-refractivity contribution in [2.75, 3.05) is 0 Å². The topological polar surface area (TPSA) is 26.0 Å². The molecule has 0 amide bonds. The predicted octanol–water partition coefficient (Wildman–Crippen LogP) is 2.61. The van der Waals surface area contributed by atoms with Crippen LogP contribution < -0.4 is 5.73 Å². The minimum atomic E-state index is 0.262. The normalized spacial score (nSPS) is 22.1. The maximum absolute atomic E-state index is 5.84. The van der Waals surface area contributed by atoms with Crippen molar-refractivity contribution in [3.63, 3.8) is 0 Å². The first-order chi connectivity index (χ1) is 6.66. The molecule has 14 heavy (non-hydrogen) atoms. The summed E-state index contributed by atoms with van der Waals surface area (Å²) in [5.41, 5.74) is 8.80. The second kappa shape index (κ2) is 3.95. The molecule has 0 aliphatic carbocycles. The Hall–Kier alpha value is -0.470. The molecule has 1 aromatic carbocycles. The van der Waals surface area contributed by atoms with E-state index >= 15 is 0 Å². The lowest BCUT2D eigenvalue weighted by atomic mass is 10.0. The van der Waals surface area contributed by atoms with E-state index in [-0.39, 0.29) is 6.04 Å². The third kappa shape index (κ3) is 1.96. The van der Waals surface area contributed by atoms with Crippen molar-refractivity contribution in [3.8, 4) is 0 Å². The third-order valence-electron chi connectivity index (χ3n) is 2.55. The first kappa shape index (κ1) is 10.1. The van der Waals surface area contributed by atoms with Gasteiger partial charge in [0.2, 0.25) is 0 Å². The number of hydrogen-bond donors (Lipinski definition) is 1. The number of rotatable bonds is 2. The van der Waals surface area contributed by atoms with Crippen molar-refractivity contribution in [1.82, 2.24) is 0 Å². The Morgan fingerprint density at radius 1 is 1.57 bits per heavy atom. The van der Waals surface area contributed by atoms with Crippen molar-refractivity contribution in [3.05, 3.63) is 29.3 Å². The van der Waals surface area contributed by atoms with Gasteiger partial charge < -0.3 is 5.73 Å². The van der Waals surface area contributed by atoms with Gasteiger partial charge in [0.15, 0.2) is 0 Å². The predicted molar refractivity (Wildman–Crippen MR) is 62.8 cm³/mol. The van der Waals surface area contributed by atoms with Gasteiger partial charge in [-0.3, -0.25) is 0 Å². The highest BCUT2D eigenvalue weighted by Crippen LogP contribution is 2.39. The number of fused-ring (bicyclic) bond motifs is 1. The summed E-state index contributed by atoms with van der Waals surface area (Å²) in [6.45, 7) is 4.36. The van der Waals surface area contributed by atoms with E-state index in [0.717, 1.165) is 11.7 Å². The molecule has 1 nitrogen and oxygen atoms in total. The van der Waals surface area contributed by atoms with E-state index in [2.05, 4.69) is 32.0 Å². The average molecular weight is 207 g/mol. The summed E-state index contributed by atoms with van der Waals surface area (Å²) in [7, 11) is 0. The van der Waals surface area contributed by atoms with Crippen LogP contribution in [-0.2, 0) is 12.8 Å². The van der Waals surface area contributed by atoms with Crippen molar-refractivity contribution in [1.29, 1.82) is 0 Å². The SMILES string of the molecule is CC(N)Cc1cccc2c1SC(C)C2. The highest BCUT2D eigenvalue weighted by atomic mass is 32.2. The molecular weight excluding hydrogens is 190 g/mol. The van der Waals surface area contributed by atoms with Crippen molar-refractivity contribution < 1.29 is 0 Å². The Morgan fingerprint density at radius 2 is 2.36 bits per heavy atom. The zero-order valence-corrected chi connectivity index (χ0v) is 9.60. The molecule has 0 bridgehead atoms. The monoisotopic (exact) mass is 207 g/mol. The number of thioether (sulfide) groups is 1. The van der Waals surface area contributed by atoms with Crippen LogP contribution in [0.5, 0.6) is 0 Å². The van der Waals surface area contributed by atoms with Gasteiger partial charge in [-0.25, -0.2) is 0 Å². The summed E-state index contributed by atoms with van der Waals surface area (Å²) in [6.07, 6.45) is 2.22. The highest BCUT2D eigenvalue weighted by Gasteiger charge is 2.20. The molecule has 76 valence electrons. The molecule has 1 heterocycles. The van der Waals surface area contributed by atoms with Gasteiger partial charge in [-0.2, -0.15) is 0 Å². The second-order valence-corrected chi connectivity index (χ2v) is 5.67. The van der Waals surface area contributed by atoms with E-state index in [1.54, 1.807) is 0 Å². The van der Waals surface area contributed by atoms with Gasteiger partial charge >= 0.3 is 0 Å². The standard InChI is InChI=1S/C12H17NS/c1-8(13)6-10-4-3-5-11-7-9(2)14-12(10)11/h3-5,8-9H,6-7,13H2,1-2H3. The minimum Gasteiger partial charge on any atom is -0.328 e. The van der Waals surface area contributed by atoms with Crippen LogP contribution >= 0.6 is 11.8 Å². The maximum atomic E-state index is 5.84. The summed E-state index contributed by atoms with van der Waals surface area (Å²) in [5, 5.41) is 0.735. The molecule has 0 saturated heterocycles. The molecular formula is C12H17NS. The first-order valence-electron chi connectivity index (χ1n) is 5.20. The Balaban J connectivity index is 2.30. The van der Waals surface area contributed by atoms with Gasteiger partial charge in [-0.05, 0) is 30.9 Å². The van der Waals surface area contributed by atoms with Crippen LogP contribution in [0.4, 0.5) is 0 Å². The number of nitrogens with two attached hydrogens (primary N) is 1. The Morgan fingerprint density at radius 3 is 3.07 bits per heavy atom. The molecule has 0 aromatic heterocycles. The van der Waals surface area contributed by atoms with Gasteiger partial charge in [-0.15, -0.1) is 11.8 Å². The summed E-state index contributed by atoms with van der Waals surface area (Å²) in [5.74, 6) is 0. The van der Waals surface area contributed by atoms with Crippen LogP contribution in [0.3, 0.4) is 0 Å². The quantitative estimate of drug-likeness (QED) is 0.806. The van der Waals surface area contributed by atoms with Crippen LogP contribution in [0.1, 0.15) is 25.0 Å². The lowest BCUT2D eigenvalue weighted by Gasteiger charge is -2.09. The summed E-state index contributed by atoms with van der Waals surface area (Å²) >= 11 is 2.00. The molecule has 0 fully saturated rings. The van der Waals surface area contributed by atoms with Crippen LogP contribution in [0.25, 0.3) is 0 Å². The second-order valence-electron chi connectivity index (χ2n) is 4.22. The minimum absolute atomic E-state index is 0.262. The lowest BCUT2D eigenvalue weighted by molar-refractivity contribution is 0.728. The smallest absolute Gasteiger partial charge is 0.0140 e. The van der Waals surface area contributed by atoms with Crippen LogP contribution in [0.15, 0.2) is 23.1 Å². The van der Waals surface area contributed by atoms with Crippen LogP contribution in [-0.4, -0.2) is 11.3 Å². The Bertz CT molecular complexity index is 333. The number of hydrogen-bond acceptors (Lipinski definition) is 2. The fraction of sp³-hybridized carbons (Fsp3) is 0.500. The molecule has 0 spiro atoms. The van der Waals surface area contributed by atoms with Crippen LogP contribution in [0, 0.1) is 0 Å². The van der Waals surface area contributed by atoms with E-state index in [9.17, 15) is 0 Å². The van der Waals surface area contributed by atoms with E-state index < -0.39 is 0 Å². The van der Waals surface area contributed by atoms with Crippen molar-refractivity contribution in [2.45, 2.75) is 42.9 Å². The highest BCUT2D eigenvalue weighted by molar-refractivity contribution is 8.00. The fourth-order valence-corrected chi connectivity index (χ4v) is 3.28. The van der Waals surface area contributed by atoms with Crippen LogP contribution in [0.2, 0.25) is 0 Å².